The van der Waals surface area contributed by atoms with E-state index >= 15 is 0 Å². The summed E-state index contributed by atoms with van der Waals surface area (Å²) in [6.45, 7) is 3.09. The molecule has 26 heavy (non-hydrogen) atoms. The Labute approximate surface area is 155 Å². The third-order valence-corrected chi connectivity index (χ3v) is 4.66. The largest absolute Gasteiger partial charge is 0.385 e. The van der Waals surface area contributed by atoms with Crippen molar-refractivity contribution in [1.82, 2.24) is 18.7 Å². The molecule has 0 spiro atoms. The highest BCUT2D eigenvalue weighted by Crippen LogP contribution is 2.15. The summed E-state index contributed by atoms with van der Waals surface area (Å²) in [7, 11) is 3.23. The zero-order valence-electron chi connectivity index (χ0n) is 15.0. The van der Waals surface area contributed by atoms with Crippen molar-refractivity contribution in [3.8, 4) is 0 Å². The molecule has 0 saturated heterocycles. The van der Waals surface area contributed by atoms with E-state index in [0.29, 0.717) is 48.1 Å². The molecule has 7 nitrogen and oxygen atoms in total. The molecular formula is C18H21ClN4O3. The highest BCUT2D eigenvalue weighted by molar-refractivity contribution is 6.30. The third-order valence-electron chi connectivity index (χ3n) is 4.41. The molecule has 0 atom stereocenters. The topological polar surface area (TPSA) is 71.1 Å². The minimum atomic E-state index is -0.366. The summed E-state index contributed by atoms with van der Waals surface area (Å²) in [6.07, 6.45) is 0.585. The predicted octanol–water partition coefficient (Wildman–Crippen LogP) is 1.94. The van der Waals surface area contributed by atoms with Crippen LogP contribution < -0.4 is 11.2 Å². The average Bonchev–Trinajstić information content (AvgIpc) is 2.95. The van der Waals surface area contributed by atoms with E-state index in [2.05, 4.69) is 4.98 Å². The average molecular weight is 377 g/mol. The molecule has 0 bridgehead atoms. The molecule has 0 aliphatic rings. The summed E-state index contributed by atoms with van der Waals surface area (Å²) < 4.78 is 9.54. The quantitative estimate of drug-likeness (QED) is 0.616. The van der Waals surface area contributed by atoms with Gasteiger partial charge in [0.25, 0.3) is 5.56 Å². The van der Waals surface area contributed by atoms with Crippen LogP contribution in [0, 0.1) is 6.92 Å². The van der Waals surface area contributed by atoms with Crippen molar-refractivity contribution in [3.63, 3.8) is 0 Å². The zero-order chi connectivity index (χ0) is 18.8. The van der Waals surface area contributed by atoms with E-state index in [1.807, 2.05) is 35.8 Å². The maximum Gasteiger partial charge on any atom is 0.332 e. The second-order valence-electron chi connectivity index (χ2n) is 6.19. The van der Waals surface area contributed by atoms with Gasteiger partial charge in [-0.15, -0.1) is 0 Å². The summed E-state index contributed by atoms with van der Waals surface area (Å²) >= 11 is 5.94. The van der Waals surface area contributed by atoms with Crippen molar-refractivity contribution >= 4 is 22.8 Å². The Balaban J connectivity index is 2.14. The first-order valence-corrected chi connectivity index (χ1v) is 8.72. The number of imidazole rings is 1. The predicted molar refractivity (Wildman–Crippen MR) is 101 cm³/mol. The van der Waals surface area contributed by atoms with Gasteiger partial charge in [-0.25, -0.2) is 9.78 Å². The fraction of sp³-hybridized carbons (Fsp3) is 0.389. The number of aryl methyl sites for hydroxylation is 2. The van der Waals surface area contributed by atoms with Gasteiger partial charge in [-0.05, 0) is 31.0 Å². The van der Waals surface area contributed by atoms with E-state index in [0.717, 1.165) is 5.56 Å². The lowest BCUT2D eigenvalue weighted by Gasteiger charge is -2.10. The number of rotatable bonds is 6. The number of hydrogen-bond donors (Lipinski definition) is 0. The van der Waals surface area contributed by atoms with Crippen LogP contribution in [0.3, 0.4) is 0 Å². The second-order valence-corrected chi connectivity index (χ2v) is 6.63. The fourth-order valence-corrected chi connectivity index (χ4v) is 3.14. The second kappa shape index (κ2) is 7.47. The van der Waals surface area contributed by atoms with Gasteiger partial charge in [0.15, 0.2) is 11.2 Å². The highest BCUT2D eigenvalue weighted by atomic mass is 35.5. The minimum Gasteiger partial charge on any atom is -0.385 e. The number of benzene rings is 1. The lowest BCUT2D eigenvalue weighted by Crippen LogP contribution is -2.40. The molecule has 138 valence electrons. The van der Waals surface area contributed by atoms with Gasteiger partial charge >= 0.3 is 5.69 Å². The lowest BCUT2D eigenvalue weighted by molar-refractivity contribution is 0.189. The number of ether oxygens (including phenoxy) is 1. The lowest BCUT2D eigenvalue weighted by atomic mass is 10.2. The minimum absolute atomic E-state index is 0.306. The summed E-state index contributed by atoms with van der Waals surface area (Å²) in [5.41, 5.74) is 1.13. The standard InChI is InChI=1S/C18H21ClN4O3/c1-12-20-16-15(23(12)11-13-5-7-14(19)8-6-13)17(24)22(9-4-10-26-3)18(25)21(16)2/h5-8H,4,9-11H2,1-3H3. The summed E-state index contributed by atoms with van der Waals surface area (Å²) in [4.78, 5) is 30.0. The fourth-order valence-electron chi connectivity index (χ4n) is 3.01. The van der Waals surface area contributed by atoms with Gasteiger partial charge < -0.3 is 9.30 Å². The molecule has 3 aromatic rings. The Bertz CT molecular complexity index is 1050. The Kier molecular flexibility index (Phi) is 5.29. The van der Waals surface area contributed by atoms with Gasteiger partial charge in [-0.3, -0.25) is 13.9 Å². The molecule has 0 aliphatic heterocycles. The highest BCUT2D eigenvalue weighted by Gasteiger charge is 2.18. The van der Waals surface area contributed by atoms with E-state index < -0.39 is 0 Å². The van der Waals surface area contributed by atoms with Crippen molar-refractivity contribution < 1.29 is 4.74 Å². The Morgan fingerprint density at radius 3 is 2.50 bits per heavy atom. The maximum atomic E-state index is 13.0. The molecule has 0 fully saturated rings. The van der Waals surface area contributed by atoms with E-state index in [-0.39, 0.29) is 11.2 Å². The van der Waals surface area contributed by atoms with Crippen molar-refractivity contribution in [2.75, 3.05) is 13.7 Å². The molecule has 8 heteroatoms. The van der Waals surface area contributed by atoms with Crippen LogP contribution in [0.15, 0.2) is 33.9 Å². The van der Waals surface area contributed by atoms with Gasteiger partial charge in [0.2, 0.25) is 0 Å². The number of hydrogen-bond acceptors (Lipinski definition) is 4. The number of nitrogens with zero attached hydrogens (tertiary/aromatic N) is 4. The molecule has 3 rings (SSSR count). The number of halogens is 1. The molecule has 0 N–H and O–H groups in total. The molecule has 1 aromatic carbocycles. The van der Waals surface area contributed by atoms with Crippen LogP contribution in [0.5, 0.6) is 0 Å². The zero-order valence-corrected chi connectivity index (χ0v) is 15.8. The van der Waals surface area contributed by atoms with Gasteiger partial charge in [-0.2, -0.15) is 0 Å². The van der Waals surface area contributed by atoms with Gasteiger partial charge in [0.05, 0.1) is 0 Å². The molecule has 0 saturated carbocycles. The Morgan fingerprint density at radius 2 is 1.85 bits per heavy atom. The number of aromatic nitrogens is 4. The van der Waals surface area contributed by atoms with E-state index in [9.17, 15) is 9.59 Å². The Hall–Kier alpha value is -2.38. The van der Waals surface area contributed by atoms with Crippen LogP contribution in [0.4, 0.5) is 0 Å². The van der Waals surface area contributed by atoms with Crippen LogP contribution >= 0.6 is 11.6 Å². The first-order valence-electron chi connectivity index (χ1n) is 8.34. The summed E-state index contributed by atoms with van der Waals surface area (Å²) in [5, 5.41) is 0.656. The molecule has 2 aromatic heterocycles. The Morgan fingerprint density at radius 1 is 1.15 bits per heavy atom. The van der Waals surface area contributed by atoms with Crippen LogP contribution in [0.25, 0.3) is 11.2 Å². The molecule has 0 unspecified atom stereocenters. The summed E-state index contributed by atoms with van der Waals surface area (Å²) in [5.74, 6) is 0.677. The van der Waals surface area contributed by atoms with E-state index in [4.69, 9.17) is 16.3 Å². The molecule has 0 radical (unpaired) electrons. The van der Waals surface area contributed by atoms with Crippen molar-refractivity contribution in [2.45, 2.75) is 26.4 Å². The maximum absolute atomic E-state index is 13.0. The number of fused-ring (bicyclic) bond motifs is 1. The monoisotopic (exact) mass is 376 g/mol. The third kappa shape index (κ3) is 3.32. The van der Waals surface area contributed by atoms with Gasteiger partial charge in [0, 0.05) is 38.9 Å². The number of methoxy groups -OCH3 is 1. The van der Waals surface area contributed by atoms with Gasteiger partial charge in [0.1, 0.15) is 5.82 Å². The SMILES string of the molecule is COCCCn1c(=O)c2c(nc(C)n2Cc2ccc(Cl)cc2)n(C)c1=O. The van der Waals surface area contributed by atoms with Crippen LogP contribution in [-0.2, 0) is 24.9 Å². The smallest absolute Gasteiger partial charge is 0.332 e. The van der Waals surface area contributed by atoms with Crippen LogP contribution in [-0.4, -0.2) is 32.4 Å². The van der Waals surface area contributed by atoms with Crippen molar-refractivity contribution in [3.05, 3.63) is 61.5 Å². The van der Waals surface area contributed by atoms with E-state index in [1.54, 1.807) is 14.2 Å². The first kappa shape index (κ1) is 18.4. The van der Waals surface area contributed by atoms with Crippen LogP contribution in [0.1, 0.15) is 17.8 Å². The van der Waals surface area contributed by atoms with Crippen molar-refractivity contribution in [1.29, 1.82) is 0 Å². The normalized spacial score (nSPS) is 11.4. The molecule has 0 amide bonds. The van der Waals surface area contributed by atoms with E-state index in [1.165, 1.54) is 9.13 Å². The van der Waals surface area contributed by atoms with Gasteiger partial charge in [-0.1, -0.05) is 23.7 Å². The van der Waals surface area contributed by atoms with Crippen LogP contribution in [0.2, 0.25) is 5.02 Å². The molecule has 0 aliphatic carbocycles. The first-order chi connectivity index (χ1) is 12.4. The van der Waals surface area contributed by atoms with Crippen molar-refractivity contribution in [2.24, 2.45) is 7.05 Å². The molecule has 2 heterocycles. The molecular weight excluding hydrogens is 356 g/mol. The summed E-state index contributed by atoms with van der Waals surface area (Å²) in [6, 6.07) is 7.44.